The summed E-state index contributed by atoms with van der Waals surface area (Å²) in [5.41, 5.74) is 3.73. The average Bonchev–Trinajstić information content (AvgIpc) is 3.40. The van der Waals surface area contributed by atoms with E-state index in [-0.39, 0.29) is 11.8 Å². The van der Waals surface area contributed by atoms with Gasteiger partial charge in [0.25, 0.3) is 0 Å². The van der Waals surface area contributed by atoms with Crippen LogP contribution in [0, 0.1) is 5.92 Å². The highest BCUT2D eigenvalue weighted by atomic mass is 32.2. The van der Waals surface area contributed by atoms with Crippen LogP contribution in [0.5, 0.6) is 0 Å². The van der Waals surface area contributed by atoms with Gasteiger partial charge in [-0.05, 0) is 16.7 Å². The van der Waals surface area contributed by atoms with Crippen LogP contribution >= 0.6 is 23.5 Å². The van der Waals surface area contributed by atoms with Crippen LogP contribution in [0.2, 0.25) is 0 Å². The summed E-state index contributed by atoms with van der Waals surface area (Å²) in [6.45, 7) is 0. The van der Waals surface area contributed by atoms with E-state index in [4.69, 9.17) is 10.2 Å². The SMILES string of the molecule is O=C(O)C1=C(c2ccccc2)CSC1.O=C(O)[C@H]1CSC[C@H]1c1ccccc1. The summed E-state index contributed by atoms with van der Waals surface area (Å²) in [6.07, 6.45) is 0. The molecule has 0 spiro atoms. The standard InChI is InChI=1S/C11H12O2S.C11H10O2S/c2*12-11(13)10-7-14-6-9(10)8-4-2-1-3-5-8/h1-5,9-10H,6-7H2,(H,12,13);1-5H,6-7H2,(H,12,13)/t9-,10-;/m0./s1. The molecule has 1 fully saturated rings. The van der Waals surface area contributed by atoms with Crippen LogP contribution in [0.15, 0.2) is 66.2 Å². The van der Waals surface area contributed by atoms with E-state index in [0.29, 0.717) is 11.3 Å². The van der Waals surface area contributed by atoms with Gasteiger partial charge in [-0.1, -0.05) is 60.7 Å². The van der Waals surface area contributed by atoms with Gasteiger partial charge in [-0.3, -0.25) is 4.79 Å². The number of rotatable bonds is 4. The van der Waals surface area contributed by atoms with Crippen LogP contribution in [0.4, 0.5) is 0 Å². The summed E-state index contributed by atoms with van der Waals surface area (Å²) in [5, 5.41) is 18.0. The van der Waals surface area contributed by atoms with Crippen molar-refractivity contribution in [2.45, 2.75) is 5.92 Å². The molecule has 0 saturated carbocycles. The minimum Gasteiger partial charge on any atom is -0.481 e. The van der Waals surface area contributed by atoms with E-state index in [2.05, 4.69) is 0 Å². The molecule has 4 nitrogen and oxygen atoms in total. The first-order valence-corrected chi connectivity index (χ1v) is 11.3. The molecule has 2 aromatic rings. The van der Waals surface area contributed by atoms with Gasteiger partial charge in [0.2, 0.25) is 0 Å². The van der Waals surface area contributed by atoms with Crippen molar-refractivity contribution in [3.8, 4) is 0 Å². The number of thioether (sulfide) groups is 2. The number of carboxylic acids is 2. The lowest BCUT2D eigenvalue weighted by Gasteiger charge is -2.14. The Labute approximate surface area is 173 Å². The molecule has 4 rings (SSSR count). The quantitative estimate of drug-likeness (QED) is 0.768. The molecule has 28 heavy (non-hydrogen) atoms. The Morgan fingerprint density at radius 1 is 0.821 bits per heavy atom. The zero-order valence-corrected chi connectivity index (χ0v) is 16.9. The highest BCUT2D eigenvalue weighted by molar-refractivity contribution is 8.00. The van der Waals surface area contributed by atoms with Crippen molar-refractivity contribution in [1.82, 2.24) is 0 Å². The van der Waals surface area contributed by atoms with Crippen molar-refractivity contribution >= 4 is 41.0 Å². The van der Waals surface area contributed by atoms with E-state index >= 15 is 0 Å². The lowest BCUT2D eigenvalue weighted by molar-refractivity contribution is -0.141. The largest absolute Gasteiger partial charge is 0.481 e. The molecule has 0 bridgehead atoms. The first-order valence-electron chi connectivity index (χ1n) is 9.02. The number of carbonyl (C=O) groups is 2. The highest BCUT2D eigenvalue weighted by Gasteiger charge is 2.34. The van der Waals surface area contributed by atoms with Crippen molar-refractivity contribution in [1.29, 1.82) is 0 Å². The van der Waals surface area contributed by atoms with Crippen LogP contribution in [-0.4, -0.2) is 45.2 Å². The maximum atomic E-state index is 11.0. The zero-order valence-electron chi connectivity index (χ0n) is 15.3. The van der Waals surface area contributed by atoms with Gasteiger partial charge in [0.05, 0.1) is 11.5 Å². The molecule has 0 aliphatic carbocycles. The normalized spacial score (nSPS) is 21.1. The zero-order chi connectivity index (χ0) is 19.9. The Bertz CT molecular complexity index is 849. The molecule has 146 valence electrons. The minimum absolute atomic E-state index is 0.193. The molecule has 0 aromatic heterocycles. The van der Waals surface area contributed by atoms with Crippen LogP contribution in [-0.2, 0) is 9.59 Å². The fourth-order valence-electron chi connectivity index (χ4n) is 3.34. The van der Waals surface area contributed by atoms with E-state index in [9.17, 15) is 9.59 Å². The summed E-state index contributed by atoms with van der Waals surface area (Å²) >= 11 is 3.39. The number of hydrogen-bond acceptors (Lipinski definition) is 4. The van der Waals surface area contributed by atoms with Crippen molar-refractivity contribution in [3.63, 3.8) is 0 Å². The molecule has 2 N–H and O–H groups in total. The lowest BCUT2D eigenvalue weighted by Crippen LogP contribution is -2.20. The molecule has 0 unspecified atom stereocenters. The van der Waals surface area contributed by atoms with E-state index in [1.807, 2.05) is 60.7 Å². The minimum atomic E-state index is -0.783. The topological polar surface area (TPSA) is 74.6 Å². The second-order valence-corrected chi connectivity index (χ2v) is 8.68. The van der Waals surface area contributed by atoms with Crippen LogP contribution in [0.3, 0.4) is 0 Å². The number of carboxylic acid groups (broad SMARTS) is 2. The molecule has 2 heterocycles. The van der Waals surface area contributed by atoms with E-state index in [0.717, 1.165) is 34.0 Å². The first kappa shape index (κ1) is 20.6. The summed E-state index contributed by atoms with van der Waals surface area (Å²) < 4.78 is 0. The number of aliphatic carboxylic acids is 2. The summed E-state index contributed by atoms with van der Waals surface area (Å²) in [5.74, 6) is 1.65. The predicted octanol–water partition coefficient (Wildman–Crippen LogP) is 4.49. The Hall–Kier alpha value is -2.18. The van der Waals surface area contributed by atoms with Gasteiger partial charge in [-0.25, -0.2) is 4.79 Å². The molecule has 0 amide bonds. The van der Waals surface area contributed by atoms with Gasteiger partial charge in [0, 0.05) is 28.9 Å². The van der Waals surface area contributed by atoms with Crippen LogP contribution in [0.25, 0.3) is 5.57 Å². The Kier molecular flexibility index (Phi) is 7.23. The van der Waals surface area contributed by atoms with Gasteiger partial charge in [-0.2, -0.15) is 23.5 Å². The van der Waals surface area contributed by atoms with Gasteiger partial charge in [-0.15, -0.1) is 0 Å². The average molecular weight is 415 g/mol. The van der Waals surface area contributed by atoms with Gasteiger partial charge in [0.1, 0.15) is 0 Å². The Balaban J connectivity index is 0.000000161. The van der Waals surface area contributed by atoms with Crippen molar-refractivity contribution < 1.29 is 19.8 Å². The summed E-state index contributed by atoms with van der Waals surface area (Å²) in [6, 6.07) is 19.7. The van der Waals surface area contributed by atoms with E-state index in [1.54, 1.807) is 23.5 Å². The lowest BCUT2D eigenvalue weighted by atomic mass is 9.89. The molecule has 6 heteroatoms. The second kappa shape index (κ2) is 9.85. The maximum absolute atomic E-state index is 11.0. The molecular formula is C22H22O4S2. The Morgan fingerprint density at radius 2 is 1.46 bits per heavy atom. The van der Waals surface area contributed by atoms with Crippen LogP contribution in [0.1, 0.15) is 17.0 Å². The van der Waals surface area contributed by atoms with Crippen molar-refractivity contribution in [2.24, 2.45) is 5.92 Å². The van der Waals surface area contributed by atoms with Gasteiger partial charge in [0.15, 0.2) is 0 Å². The van der Waals surface area contributed by atoms with Gasteiger partial charge < -0.3 is 10.2 Å². The first-order chi connectivity index (χ1) is 13.6. The molecule has 0 radical (unpaired) electrons. The van der Waals surface area contributed by atoms with E-state index in [1.165, 1.54) is 0 Å². The van der Waals surface area contributed by atoms with Crippen molar-refractivity contribution in [3.05, 3.63) is 77.4 Å². The Morgan fingerprint density at radius 3 is 2.07 bits per heavy atom. The molecule has 2 atom stereocenters. The highest BCUT2D eigenvalue weighted by Crippen LogP contribution is 2.37. The van der Waals surface area contributed by atoms with Crippen LogP contribution < -0.4 is 0 Å². The second-order valence-electron chi connectivity index (χ2n) is 6.62. The van der Waals surface area contributed by atoms with Crippen molar-refractivity contribution in [2.75, 3.05) is 23.0 Å². The molecule has 2 aromatic carbocycles. The fraction of sp³-hybridized carbons (Fsp3) is 0.273. The smallest absolute Gasteiger partial charge is 0.332 e. The predicted molar refractivity (Wildman–Crippen MR) is 116 cm³/mol. The molecule has 2 aliphatic rings. The van der Waals surface area contributed by atoms with Gasteiger partial charge >= 0.3 is 11.9 Å². The number of hydrogen-bond donors (Lipinski definition) is 2. The fourth-order valence-corrected chi connectivity index (χ4v) is 5.94. The van der Waals surface area contributed by atoms with E-state index < -0.39 is 11.9 Å². The third kappa shape index (κ3) is 5.00. The molecular weight excluding hydrogens is 392 g/mol. The molecule has 2 aliphatic heterocycles. The third-order valence-electron chi connectivity index (χ3n) is 4.86. The number of benzene rings is 2. The maximum Gasteiger partial charge on any atom is 0.332 e. The summed E-state index contributed by atoms with van der Waals surface area (Å²) in [7, 11) is 0. The molecule has 1 saturated heterocycles. The third-order valence-corrected chi connectivity index (χ3v) is 7.04. The monoisotopic (exact) mass is 414 g/mol. The summed E-state index contributed by atoms with van der Waals surface area (Å²) in [4.78, 5) is 21.9.